The molecule has 0 saturated heterocycles. The van der Waals surface area contributed by atoms with E-state index in [0.29, 0.717) is 0 Å². The van der Waals surface area contributed by atoms with Crippen molar-refractivity contribution in [1.82, 2.24) is 31.3 Å². The van der Waals surface area contributed by atoms with Crippen molar-refractivity contribution in [1.29, 1.82) is 0 Å². The normalized spacial score (nSPS) is 11.7. The van der Waals surface area contributed by atoms with Crippen LogP contribution in [0.15, 0.2) is 28.9 Å². The number of aryl methyl sites for hydroxylation is 1. The number of hydrogen-bond donors (Lipinski definition) is 3. The third kappa shape index (κ3) is 5.17. The van der Waals surface area contributed by atoms with Crippen LogP contribution in [0.4, 0.5) is 13.6 Å². The molecular formula is C20H19ClF2N6O3. The number of nitrogens with one attached hydrogen (secondary N) is 3. The predicted octanol–water partition coefficient (Wildman–Crippen LogP) is 3.84. The van der Waals surface area contributed by atoms with Crippen molar-refractivity contribution < 1.29 is 22.9 Å². The zero-order valence-corrected chi connectivity index (χ0v) is 18.1. The minimum Gasteiger partial charge on any atom is -0.339 e. The average Bonchev–Trinajstić information content (AvgIpc) is 3.16. The Labute approximate surface area is 186 Å². The van der Waals surface area contributed by atoms with Crippen LogP contribution in [0.3, 0.4) is 0 Å². The van der Waals surface area contributed by atoms with Crippen LogP contribution >= 0.6 is 11.6 Å². The predicted molar refractivity (Wildman–Crippen MR) is 111 cm³/mol. The van der Waals surface area contributed by atoms with E-state index in [1.54, 1.807) is 13.8 Å². The lowest BCUT2D eigenvalue weighted by Crippen LogP contribution is -2.47. The monoisotopic (exact) mass is 464 g/mol. The zero-order chi connectivity index (χ0) is 23.4. The summed E-state index contributed by atoms with van der Waals surface area (Å²) in [5.74, 6) is -1.63. The minimum atomic E-state index is -0.835. The second-order valence-corrected chi connectivity index (χ2v) is 7.20. The third-order valence-corrected chi connectivity index (χ3v) is 4.60. The summed E-state index contributed by atoms with van der Waals surface area (Å²) in [5.41, 5.74) is 4.69. The fraction of sp³-hybridized carbons (Fsp3) is 0.250. The molecule has 0 aliphatic carbocycles. The highest BCUT2D eigenvalue weighted by atomic mass is 35.5. The van der Waals surface area contributed by atoms with Gasteiger partial charge >= 0.3 is 6.03 Å². The Balaban J connectivity index is 1.89. The molecule has 2 heterocycles. The molecule has 0 saturated carbocycles. The van der Waals surface area contributed by atoms with Gasteiger partial charge in [0.2, 0.25) is 17.6 Å². The topological polar surface area (TPSA) is 122 Å². The van der Waals surface area contributed by atoms with Crippen molar-refractivity contribution in [3.8, 4) is 22.5 Å². The number of nitrogens with zero attached hydrogens (tertiary/aromatic N) is 3. The standard InChI is InChI=1S/C20H19ClF2N6O3/c1-4-16(30)27-28-20(31)25-9(2)18-15(23)5-11(8-24-18)13-6-12(21)7-14(22)17(13)19-26-10(3)32-29-19/h5-9H,4H2,1-3H3,(H,27,30)(H2,25,28,31)/t9-/m1/s1. The first-order valence-electron chi connectivity index (χ1n) is 9.50. The summed E-state index contributed by atoms with van der Waals surface area (Å²) >= 11 is 6.00. The smallest absolute Gasteiger partial charge is 0.334 e. The van der Waals surface area contributed by atoms with E-state index in [0.717, 1.165) is 12.1 Å². The van der Waals surface area contributed by atoms with E-state index in [-0.39, 0.29) is 51.5 Å². The van der Waals surface area contributed by atoms with Gasteiger partial charge in [-0.1, -0.05) is 23.7 Å². The number of hydrazine groups is 1. The lowest BCUT2D eigenvalue weighted by Gasteiger charge is -2.16. The van der Waals surface area contributed by atoms with Gasteiger partial charge in [0.1, 0.15) is 11.6 Å². The maximum atomic E-state index is 14.9. The lowest BCUT2D eigenvalue weighted by atomic mass is 9.99. The van der Waals surface area contributed by atoms with Crippen molar-refractivity contribution >= 4 is 23.5 Å². The molecule has 0 radical (unpaired) electrons. The third-order valence-electron chi connectivity index (χ3n) is 4.38. The molecule has 1 aromatic carbocycles. The molecule has 0 aliphatic heterocycles. The van der Waals surface area contributed by atoms with E-state index in [2.05, 4.69) is 31.3 Å². The fourth-order valence-electron chi connectivity index (χ4n) is 2.86. The van der Waals surface area contributed by atoms with Gasteiger partial charge in [-0.15, -0.1) is 0 Å². The number of halogens is 3. The second-order valence-electron chi connectivity index (χ2n) is 6.76. The summed E-state index contributed by atoms with van der Waals surface area (Å²) in [6, 6.07) is 2.09. The molecule has 3 amide bonds. The molecule has 1 atom stereocenters. The molecule has 0 spiro atoms. The molecule has 2 aromatic heterocycles. The van der Waals surface area contributed by atoms with Crippen LogP contribution in [-0.4, -0.2) is 27.1 Å². The van der Waals surface area contributed by atoms with Crippen LogP contribution in [0, 0.1) is 18.6 Å². The van der Waals surface area contributed by atoms with Crippen molar-refractivity contribution in [2.45, 2.75) is 33.2 Å². The Morgan fingerprint density at radius 3 is 2.56 bits per heavy atom. The van der Waals surface area contributed by atoms with Gasteiger partial charge in [-0.25, -0.2) is 19.0 Å². The van der Waals surface area contributed by atoms with E-state index < -0.39 is 23.7 Å². The summed E-state index contributed by atoms with van der Waals surface area (Å²) in [7, 11) is 0. The van der Waals surface area contributed by atoms with Gasteiger partial charge in [-0.3, -0.25) is 15.2 Å². The summed E-state index contributed by atoms with van der Waals surface area (Å²) in [6.07, 6.45) is 1.50. The molecule has 0 fully saturated rings. The molecule has 12 heteroatoms. The number of carbonyl (C=O) groups is 2. The first-order chi connectivity index (χ1) is 15.2. The summed E-state index contributed by atoms with van der Waals surface area (Å²) in [5, 5.41) is 6.27. The van der Waals surface area contributed by atoms with Gasteiger partial charge < -0.3 is 9.84 Å². The number of amides is 3. The number of pyridine rings is 1. The van der Waals surface area contributed by atoms with E-state index >= 15 is 0 Å². The second kappa shape index (κ2) is 9.69. The molecule has 3 rings (SSSR count). The van der Waals surface area contributed by atoms with Gasteiger partial charge in [0.15, 0.2) is 0 Å². The summed E-state index contributed by atoms with van der Waals surface area (Å²) in [4.78, 5) is 31.2. The molecule has 3 N–H and O–H groups in total. The van der Waals surface area contributed by atoms with Gasteiger partial charge in [0, 0.05) is 30.1 Å². The van der Waals surface area contributed by atoms with E-state index in [1.165, 1.54) is 19.2 Å². The highest BCUT2D eigenvalue weighted by Gasteiger charge is 2.21. The van der Waals surface area contributed by atoms with Gasteiger partial charge in [-0.05, 0) is 30.7 Å². The van der Waals surface area contributed by atoms with Gasteiger partial charge in [-0.2, -0.15) is 4.98 Å². The number of hydrogen-bond acceptors (Lipinski definition) is 6. The van der Waals surface area contributed by atoms with Gasteiger partial charge in [0.25, 0.3) is 0 Å². The molecule has 0 aliphatic rings. The Morgan fingerprint density at radius 1 is 1.19 bits per heavy atom. The van der Waals surface area contributed by atoms with E-state index in [9.17, 15) is 18.4 Å². The van der Waals surface area contributed by atoms with Crippen LogP contribution in [0.2, 0.25) is 5.02 Å². The highest BCUT2D eigenvalue weighted by Crippen LogP contribution is 2.36. The molecule has 168 valence electrons. The van der Waals surface area contributed by atoms with Crippen LogP contribution in [-0.2, 0) is 4.79 Å². The lowest BCUT2D eigenvalue weighted by molar-refractivity contribution is -0.121. The van der Waals surface area contributed by atoms with E-state index in [4.69, 9.17) is 16.1 Å². The molecular weight excluding hydrogens is 446 g/mol. The van der Waals surface area contributed by atoms with Gasteiger partial charge in [0.05, 0.1) is 17.3 Å². The number of aromatic nitrogens is 3. The summed E-state index contributed by atoms with van der Waals surface area (Å²) < 4.78 is 34.5. The van der Waals surface area contributed by atoms with E-state index in [1.807, 2.05) is 0 Å². The fourth-order valence-corrected chi connectivity index (χ4v) is 3.06. The van der Waals surface area contributed by atoms with Crippen LogP contribution in [0.1, 0.15) is 37.9 Å². The molecule has 32 heavy (non-hydrogen) atoms. The molecule has 3 aromatic rings. The van der Waals surface area contributed by atoms with Crippen LogP contribution < -0.4 is 16.2 Å². The Bertz CT molecular complexity index is 1170. The Kier molecular flexibility index (Phi) is 6.98. The molecule has 0 unspecified atom stereocenters. The largest absolute Gasteiger partial charge is 0.339 e. The SMILES string of the molecule is CCC(=O)NNC(=O)N[C@H](C)c1ncc(-c2cc(Cl)cc(F)c2-c2noc(C)n2)cc1F. The van der Waals surface area contributed by atoms with Crippen molar-refractivity contribution in [3.05, 3.63) is 52.6 Å². The maximum absolute atomic E-state index is 14.9. The number of rotatable bonds is 5. The van der Waals surface area contributed by atoms with Crippen molar-refractivity contribution in [2.24, 2.45) is 0 Å². The summed E-state index contributed by atoms with van der Waals surface area (Å²) in [6.45, 7) is 4.69. The minimum absolute atomic E-state index is 0.0163. The van der Waals surface area contributed by atoms with Crippen molar-refractivity contribution in [2.75, 3.05) is 0 Å². The highest BCUT2D eigenvalue weighted by molar-refractivity contribution is 6.31. The zero-order valence-electron chi connectivity index (χ0n) is 17.3. The van der Waals surface area contributed by atoms with Crippen LogP contribution in [0.25, 0.3) is 22.5 Å². The first kappa shape index (κ1) is 23.1. The quantitative estimate of drug-likeness (QED) is 0.493. The Hall–Kier alpha value is -3.60. The molecule has 9 nitrogen and oxygen atoms in total. The van der Waals surface area contributed by atoms with Crippen LogP contribution in [0.5, 0.6) is 0 Å². The molecule has 0 bridgehead atoms. The van der Waals surface area contributed by atoms with Crippen molar-refractivity contribution in [3.63, 3.8) is 0 Å². The number of urea groups is 1. The number of benzene rings is 1. The maximum Gasteiger partial charge on any atom is 0.334 e. The average molecular weight is 465 g/mol. The number of carbonyl (C=O) groups excluding carboxylic acids is 2. The Morgan fingerprint density at radius 2 is 1.94 bits per heavy atom. The first-order valence-corrected chi connectivity index (χ1v) is 9.88.